The van der Waals surface area contributed by atoms with E-state index in [1.807, 2.05) is 0 Å². The van der Waals surface area contributed by atoms with Crippen molar-refractivity contribution < 1.29 is 23.2 Å². The first-order valence-corrected chi connectivity index (χ1v) is 10.9. The van der Waals surface area contributed by atoms with E-state index in [1.54, 1.807) is 29.2 Å². The smallest absolute Gasteiger partial charge is 0.277 e. The maximum Gasteiger partial charge on any atom is 0.277 e. The summed E-state index contributed by atoms with van der Waals surface area (Å²) in [5.74, 6) is -2.97. The predicted octanol–water partition coefficient (Wildman–Crippen LogP) is 2.97. The zero-order chi connectivity index (χ0) is 24.0. The molecule has 34 heavy (non-hydrogen) atoms. The third-order valence-electron chi connectivity index (χ3n) is 6.18. The maximum absolute atomic E-state index is 14.5. The van der Waals surface area contributed by atoms with Crippen molar-refractivity contribution >= 4 is 29.1 Å². The number of amides is 3. The quantitative estimate of drug-likeness (QED) is 0.640. The van der Waals surface area contributed by atoms with Crippen LogP contribution >= 0.6 is 0 Å². The normalized spacial score (nSPS) is 16.1. The number of fused-ring (bicyclic) bond motifs is 1. The standard InChI is InChI=1S/C24H21F2N5O3/c25-14-4-9-19(18(26)13-14)31-22-17(21(28-31)23(27)33)10-12-30(24(22)34)16-7-5-15(6-8-16)29-11-2-1-3-20(29)32/h4-9,13H,1-3,10-12H2,(H2,27,33). The molecule has 0 spiro atoms. The van der Waals surface area contributed by atoms with Crippen LogP contribution in [0.2, 0.25) is 0 Å². The predicted molar refractivity (Wildman–Crippen MR) is 120 cm³/mol. The Labute approximate surface area is 193 Å². The van der Waals surface area contributed by atoms with Crippen LogP contribution in [0.1, 0.15) is 45.8 Å². The van der Waals surface area contributed by atoms with Gasteiger partial charge in [-0.3, -0.25) is 14.4 Å². The summed E-state index contributed by atoms with van der Waals surface area (Å²) in [7, 11) is 0. The number of aromatic nitrogens is 2. The average Bonchev–Trinajstić information content (AvgIpc) is 3.21. The monoisotopic (exact) mass is 465 g/mol. The second-order valence-corrected chi connectivity index (χ2v) is 8.27. The maximum atomic E-state index is 14.5. The SMILES string of the molecule is NC(=O)c1nn(-c2ccc(F)cc2F)c2c1CCN(c1ccc(N3CCCCC3=O)cc1)C2=O. The molecule has 0 aliphatic carbocycles. The minimum Gasteiger partial charge on any atom is -0.364 e. The zero-order valence-corrected chi connectivity index (χ0v) is 18.1. The molecule has 2 aromatic carbocycles. The minimum absolute atomic E-state index is 0.000781. The molecule has 1 saturated heterocycles. The summed E-state index contributed by atoms with van der Waals surface area (Å²) >= 11 is 0. The molecule has 1 fully saturated rings. The topological polar surface area (TPSA) is 102 Å². The van der Waals surface area contributed by atoms with Crippen LogP contribution in [0.3, 0.4) is 0 Å². The molecule has 3 aromatic rings. The van der Waals surface area contributed by atoms with E-state index in [0.717, 1.165) is 35.3 Å². The van der Waals surface area contributed by atoms with E-state index >= 15 is 0 Å². The Morgan fingerprint density at radius 2 is 1.62 bits per heavy atom. The number of piperidine rings is 1. The molecule has 2 aliphatic rings. The fraction of sp³-hybridized carbons (Fsp3) is 0.250. The van der Waals surface area contributed by atoms with E-state index in [-0.39, 0.29) is 35.9 Å². The van der Waals surface area contributed by atoms with Gasteiger partial charge >= 0.3 is 0 Å². The molecule has 0 bridgehead atoms. The lowest BCUT2D eigenvalue weighted by molar-refractivity contribution is -0.119. The first kappa shape index (κ1) is 21.7. The molecule has 0 unspecified atom stereocenters. The number of nitrogens with two attached hydrogens (primary N) is 1. The molecule has 2 N–H and O–H groups in total. The summed E-state index contributed by atoms with van der Waals surface area (Å²) in [6, 6.07) is 9.93. The van der Waals surface area contributed by atoms with E-state index in [4.69, 9.17) is 5.73 Å². The van der Waals surface area contributed by atoms with Crippen molar-refractivity contribution in [3.63, 3.8) is 0 Å². The summed E-state index contributed by atoms with van der Waals surface area (Å²) in [5, 5.41) is 4.10. The molecule has 3 amide bonds. The highest BCUT2D eigenvalue weighted by atomic mass is 19.1. The van der Waals surface area contributed by atoms with Crippen LogP contribution in [0, 0.1) is 11.6 Å². The lowest BCUT2D eigenvalue weighted by Crippen LogP contribution is -2.39. The van der Waals surface area contributed by atoms with Crippen molar-refractivity contribution in [2.45, 2.75) is 25.7 Å². The lowest BCUT2D eigenvalue weighted by atomic mass is 10.0. The number of carbonyl (C=O) groups is 3. The van der Waals surface area contributed by atoms with E-state index in [1.165, 1.54) is 4.90 Å². The number of hydrogen-bond donors (Lipinski definition) is 1. The first-order chi connectivity index (χ1) is 16.3. The van der Waals surface area contributed by atoms with Crippen LogP contribution in [0.25, 0.3) is 5.69 Å². The van der Waals surface area contributed by atoms with Crippen molar-refractivity contribution in [1.29, 1.82) is 0 Å². The van der Waals surface area contributed by atoms with Crippen LogP contribution in [-0.4, -0.2) is 40.6 Å². The van der Waals surface area contributed by atoms with Gasteiger partial charge in [0.2, 0.25) is 5.91 Å². The Bertz CT molecular complexity index is 1320. The van der Waals surface area contributed by atoms with Crippen molar-refractivity contribution in [3.8, 4) is 5.69 Å². The van der Waals surface area contributed by atoms with Gasteiger partial charge in [0, 0.05) is 42.5 Å². The fourth-order valence-electron chi connectivity index (χ4n) is 4.52. The van der Waals surface area contributed by atoms with Gasteiger partial charge in [-0.25, -0.2) is 13.5 Å². The number of halogens is 2. The third-order valence-corrected chi connectivity index (χ3v) is 6.18. The number of nitrogens with zero attached hydrogens (tertiary/aromatic N) is 4. The summed E-state index contributed by atoms with van der Waals surface area (Å²) in [5.41, 5.74) is 6.83. The van der Waals surface area contributed by atoms with E-state index < -0.39 is 23.4 Å². The van der Waals surface area contributed by atoms with Crippen LogP contribution in [-0.2, 0) is 11.2 Å². The van der Waals surface area contributed by atoms with Crippen molar-refractivity contribution in [2.75, 3.05) is 22.9 Å². The molecule has 0 saturated carbocycles. The minimum atomic E-state index is -0.929. The Morgan fingerprint density at radius 3 is 2.26 bits per heavy atom. The molecule has 5 rings (SSSR count). The van der Waals surface area contributed by atoms with Crippen LogP contribution in [0.4, 0.5) is 20.2 Å². The first-order valence-electron chi connectivity index (χ1n) is 10.9. The fourth-order valence-corrected chi connectivity index (χ4v) is 4.52. The van der Waals surface area contributed by atoms with E-state index in [9.17, 15) is 23.2 Å². The Hall–Kier alpha value is -4.08. The van der Waals surface area contributed by atoms with Crippen LogP contribution in [0.15, 0.2) is 42.5 Å². The number of rotatable bonds is 4. The number of hydrogen-bond acceptors (Lipinski definition) is 4. The molecule has 174 valence electrons. The van der Waals surface area contributed by atoms with Gasteiger partial charge in [0.15, 0.2) is 11.5 Å². The Morgan fingerprint density at radius 1 is 0.912 bits per heavy atom. The van der Waals surface area contributed by atoms with Gasteiger partial charge in [-0.2, -0.15) is 5.10 Å². The van der Waals surface area contributed by atoms with E-state index in [0.29, 0.717) is 30.3 Å². The van der Waals surface area contributed by atoms with Crippen molar-refractivity contribution in [1.82, 2.24) is 9.78 Å². The average molecular weight is 465 g/mol. The summed E-state index contributed by atoms with van der Waals surface area (Å²) in [4.78, 5) is 40.9. The van der Waals surface area contributed by atoms with Crippen molar-refractivity contribution in [2.24, 2.45) is 5.73 Å². The molecule has 1 aromatic heterocycles. The molecule has 2 aliphatic heterocycles. The van der Waals surface area contributed by atoms with Gasteiger partial charge in [-0.1, -0.05) is 0 Å². The number of anilines is 2. The molecular weight excluding hydrogens is 444 g/mol. The number of benzene rings is 2. The van der Waals surface area contributed by atoms with E-state index in [2.05, 4.69) is 5.10 Å². The van der Waals surface area contributed by atoms with Crippen LogP contribution < -0.4 is 15.5 Å². The van der Waals surface area contributed by atoms with Crippen LogP contribution in [0.5, 0.6) is 0 Å². The van der Waals surface area contributed by atoms with Gasteiger partial charge in [0.1, 0.15) is 17.2 Å². The molecule has 8 nitrogen and oxygen atoms in total. The second-order valence-electron chi connectivity index (χ2n) is 8.27. The number of carbonyl (C=O) groups excluding carboxylic acids is 3. The summed E-state index contributed by atoms with van der Waals surface area (Å²) in [6.45, 7) is 0.911. The Balaban J connectivity index is 1.52. The largest absolute Gasteiger partial charge is 0.364 e. The molecular formula is C24H21F2N5O3. The summed E-state index contributed by atoms with van der Waals surface area (Å²) < 4.78 is 29.0. The van der Waals surface area contributed by atoms with Gasteiger partial charge in [0.05, 0.1) is 0 Å². The molecule has 0 radical (unpaired) electrons. The lowest BCUT2D eigenvalue weighted by Gasteiger charge is -2.29. The highest BCUT2D eigenvalue weighted by Gasteiger charge is 2.35. The zero-order valence-electron chi connectivity index (χ0n) is 18.1. The highest BCUT2D eigenvalue weighted by Crippen LogP contribution is 2.31. The van der Waals surface area contributed by atoms with Gasteiger partial charge in [-0.05, 0) is 55.7 Å². The summed E-state index contributed by atoms with van der Waals surface area (Å²) in [6.07, 6.45) is 2.61. The second kappa shape index (κ2) is 8.36. The van der Waals surface area contributed by atoms with Gasteiger partial charge in [0.25, 0.3) is 11.8 Å². The van der Waals surface area contributed by atoms with Gasteiger partial charge in [-0.15, -0.1) is 0 Å². The highest BCUT2D eigenvalue weighted by molar-refractivity contribution is 6.09. The molecule has 10 heteroatoms. The Kier molecular flexibility index (Phi) is 5.35. The number of primary amides is 1. The van der Waals surface area contributed by atoms with Crippen molar-refractivity contribution in [3.05, 3.63) is 71.1 Å². The molecule has 3 heterocycles. The molecule has 0 atom stereocenters. The van der Waals surface area contributed by atoms with Gasteiger partial charge < -0.3 is 15.5 Å². The third kappa shape index (κ3) is 3.60.